The van der Waals surface area contributed by atoms with Crippen LogP contribution in [0.1, 0.15) is 23.0 Å². The summed E-state index contributed by atoms with van der Waals surface area (Å²) in [4.78, 5) is 4.10. The molecule has 1 aliphatic rings. The zero-order chi connectivity index (χ0) is 12.9. The molecule has 1 aromatic heterocycles. The van der Waals surface area contributed by atoms with Crippen LogP contribution >= 0.6 is 0 Å². The minimum atomic E-state index is -0.241. The van der Waals surface area contributed by atoms with E-state index in [9.17, 15) is 0 Å². The molecule has 1 fully saturated rings. The highest BCUT2D eigenvalue weighted by Crippen LogP contribution is 2.27. The van der Waals surface area contributed by atoms with Gasteiger partial charge in [-0.3, -0.25) is 4.98 Å². The van der Waals surface area contributed by atoms with Gasteiger partial charge in [-0.1, -0.05) is 42.5 Å². The van der Waals surface area contributed by atoms with Gasteiger partial charge in [0.05, 0.1) is 13.2 Å². The molecule has 2 aromatic rings. The van der Waals surface area contributed by atoms with E-state index in [2.05, 4.69) is 17.1 Å². The first-order valence-electron chi connectivity index (χ1n) is 6.34. The molecule has 0 radical (unpaired) electrons. The minimum Gasteiger partial charge on any atom is -0.346 e. The van der Waals surface area contributed by atoms with Crippen molar-refractivity contribution in [2.75, 3.05) is 13.2 Å². The van der Waals surface area contributed by atoms with Crippen LogP contribution in [0.15, 0.2) is 48.8 Å². The lowest BCUT2D eigenvalue weighted by Crippen LogP contribution is -2.00. The van der Waals surface area contributed by atoms with E-state index in [1.54, 1.807) is 6.20 Å². The van der Waals surface area contributed by atoms with Crippen molar-refractivity contribution >= 4 is 12.2 Å². The monoisotopic (exact) mass is 253 g/mol. The number of hydrogen-bond acceptors (Lipinski definition) is 3. The zero-order valence-corrected chi connectivity index (χ0v) is 10.5. The lowest BCUT2D eigenvalue weighted by molar-refractivity contribution is -0.0442. The van der Waals surface area contributed by atoms with Gasteiger partial charge in [0.2, 0.25) is 0 Å². The number of pyridine rings is 1. The number of ether oxygens (including phenoxy) is 2. The van der Waals surface area contributed by atoms with Gasteiger partial charge in [0.15, 0.2) is 6.29 Å². The Morgan fingerprint density at radius 3 is 2.63 bits per heavy atom. The topological polar surface area (TPSA) is 31.4 Å². The van der Waals surface area contributed by atoms with Crippen molar-refractivity contribution in [1.29, 1.82) is 0 Å². The predicted octanol–water partition coefficient (Wildman–Crippen LogP) is 3.30. The van der Waals surface area contributed by atoms with Crippen LogP contribution < -0.4 is 0 Å². The van der Waals surface area contributed by atoms with Gasteiger partial charge < -0.3 is 9.47 Å². The zero-order valence-electron chi connectivity index (χ0n) is 10.5. The first-order chi connectivity index (χ1) is 9.43. The quantitative estimate of drug-likeness (QED) is 0.841. The Morgan fingerprint density at radius 2 is 1.84 bits per heavy atom. The molecular formula is C16H15NO2. The molecule has 1 aromatic carbocycles. The van der Waals surface area contributed by atoms with Crippen molar-refractivity contribution in [2.45, 2.75) is 6.29 Å². The van der Waals surface area contributed by atoms with Crippen LogP contribution in [-0.4, -0.2) is 18.2 Å². The molecule has 0 amide bonds. The van der Waals surface area contributed by atoms with Crippen LogP contribution in [0, 0.1) is 0 Å². The fourth-order valence-electron chi connectivity index (χ4n) is 2.08. The third-order valence-electron chi connectivity index (χ3n) is 3.01. The van der Waals surface area contributed by atoms with Gasteiger partial charge in [-0.15, -0.1) is 0 Å². The Labute approximate surface area is 112 Å². The normalized spacial score (nSPS) is 16.2. The summed E-state index contributed by atoms with van der Waals surface area (Å²) in [6.07, 6.45) is 7.47. The van der Waals surface area contributed by atoms with E-state index >= 15 is 0 Å². The number of aromatic nitrogens is 1. The fraction of sp³-hybridized carbons (Fsp3) is 0.188. The molecule has 0 spiro atoms. The van der Waals surface area contributed by atoms with Crippen molar-refractivity contribution in [3.63, 3.8) is 0 Å². The summed E-state index contributed by atoms with van der Waals surface area (Å²) >= 11 is 0. The minimum absolute atomic E-state index is 0.241. The van der Waals surface area contributed by atoms with Gasteiger partial charge in [0.25, 0.3) is 0 Å². The summed E-state index contributed by atoms with van der Waals surface area (Å²) in [7, 11) is 0. The Kier molecular flexibility index (Phi) is 3.68. The van der Waals surface area contributed by atoms with E-state index in [1.165, 1.54) is 0 Å². The number of rotatable bonds is 3. The van der Waals surface area contributed by atoms with E-state index in [4.69, 9.17) is 9.47 Å². The van der Waals surface area contributed by atoms with Crippen molar-refractivity contribution in [3.05, 3.63) is 65.5 Å². The summed E-state index contributed by atoms with van der Waals surface area (Å²) in [5, 5.41) is 0. The van der Waals surface area contributed by atoms with Gasteiger partial charge in [-0.2, -0.15) is 0 Å². The van der Waals surface area contributed by atoms with Crippen molar-refractivity contribution in [1.82, 2.24) is 4.98 Å². The first kappa shape index (κ1) is 12.1. The highest BCUT2D eigenvalue weighted by molar-refractivity contribution is 5.70. The van der Waals surface area contributed by atoms with Crippen LogP contribution in [0.2, 0.25) is 0 Å². The van der Waals surface area contributed by atoms with Crippen molar-refractivity contribution in [3.8, 4) is 0 Å². The highest BCUT2D eigenvalue weighted by atomic mass is 16.7. The summed E-state index contributed by atoms with van der Waals surface area (Å²) in [5.41, 5.74) is 3.25. The Balaban J connectivity index is 1.86. The van der Waals surface area contributed by atoms with Crippen LogP contribution in [-0.2, 0) is 9.47 Å². The molecule has 3 heteroatoms. The van der Waals surface area contributed by atoms with Gasteiger partial charge in [0.1, 0.15) is 0 Å². The van der Waals surface area contributed by atoms with Gasteiger partial charge in [-0.05, 0) is 17.2 Å². The van der Waals surface area contributed by atoms with Gasteiger partial charge >= 0.3 is 0 Å². The first-order valence-corrected chi connectivity index (χ1v) is 6.34. The Morgan fingerprint density at radius 1 is 1.00 bits per heavy atom. The summed E-state index contributed by atoms with van der Waals surface area (Å²) in [6, 6.07) is 12.1. The lowest BCUT2D eigenvalue weighted by atomic mass is 10.1. The van der Waals surface area contributed by atoms with Gasteiger partial charge in [-0.25, -0.2) is 0 Å². The number of hydrogen-bond donors (Lipinski definition) is 0. The maximum absolute atomic E-state index is 5.56. The molecule has 0 unspecified atom stereocenters. The molecule has 3 nitrogen and oxygen atoms in total. The molecule has 0 aliphatic carbocycles. The Hall–Kier alpha value is -1.97. The second-order valence-corrected chi connectivity index (χ2v) is 4.32. The molecule has 1 aliphatic heterocycles. The van der Waals surface area contributed by atoms with E-state index in [-0.39, 0.29) is 6.29 Å². The molecule has 0 saturated carbocycles. The SMILES string of the molecule is C(=C\c1ccccc1C1OCCO1)/c1cccnc1. The van der Waals surface area contributed by atoms with Crippen LogP contribution in [0.3, 0.4) is 0 Å². The van der Waals surface area contributed by atoms with E-state index in [0.29, 0.717) is 13.2 Å². The van der Waals surface area contributed by atoms with E-state index < -0.39 is 0 Å². The van der Waals surface area contributed by atoms with Crippen LogP contribution in [0.25, 0.3) is 12.2 Å². The molecule has 0 bridgehead atoms. The van der Waals surface area contributed by atoms with E-state index in [0.717, 1.165) is 16.7 Å². The third kappa shape index (κ3) is 2.89. The molecule has 3 rings (SSSR count). The number of nitrogens with zero attached hydrogens (tertiary/aromatic N) is 1. The van der Waals surface area contributed by atoms with E-state index in [1.807, 2.05) is 42.6 Å². The highest BCUT2D eigenvalue weighted by Gasteiger charge is 2.19. The lowest BCUT2D eigenvalue weighted by Gasteiger charge is -2.12. The summed E-state index contributed by atoms with van der Waals surface area (Å²) in [5.74, 6) is 0. The largest absolute Gasteiger partial charge is 0.346 e. The predicted molar refractivity (Wildman–Crippen MR) is 74.3 cm³/mol. The molecule has 0 N–H and O–H groups in total. The van der Waals surface area contributed by atoms with Crippen molar-refractivity contribution < 1.29 is 9.47 Å². The second-order valence-electron chi connectivity index (χ2n) is 4.32. The fourth-order valence-corrected chi connectivity index (χ4v) is 2.08. The molecule has 96 valence electrons. The second kappa shape index (κ2) is 5.78. The smallest absolute Gasteiger partial charge is 0.184 e. The molecule has 2 heterocycles. The Bertz CT molecular complexity index is 560. The van der Waals surface area contributed by atoms with Gasteiger partial charge in [0, 0.05) is 18.0 Å². The standard InChI is InChI=1S/C16H15NO2/c1-2-6-15(16-18-10-11-19-16)14(5-1)8-7-13-4-3-9-17-12-13/h1-9,12,16H,10-11H2/b8-7+. The molecule has 19 heavy (non-hydrogen) atoms. The summed E-state index contributed by atoms with van der Waals surface area (Å²) in [6.45, 7) is 1.32. The maximum Gasteiger partial charge on any atom is 0.184 e. The molecular weight excluding hydrogens is 238 g/mol. The average Bonchev–Trinajstić information content (AvgIpc) is 3.01. The summed E-state index contributed by atoms with van der Waals surface area (Å²) < 4.78 is 11.1. The molecule has 0 atom stereocenters. The maximum atomic E-state index is 5.56. The average molecular weight is 253 g/mol. The number of benzene rings is 1. The van der Waals surface area contributed by atoms with Crippen molar-refractivity contribution in [2.24, 2.45) is 0 Å². The molecule has 1 saturated heterocycles. The van der Waals surface area contributed by atoms with Crippen LogP contribution in [0.5, 0.6) is 0 Å². The van der Waals surface area contributed by atoms with Crippen LogP contribution in [0.4, 0.5) is 0 Å². The third-order valence-corrected chi connectivity index (χ3v) is 3.01.